The van der Waals surface area contributed by atoms with E-state index in [0.29, 0.717) is 26.1 Å². The van der Waals surface area contributed by atoms with E-state index in [2.05, 4.69) is 4.98 Å². The second kappa shape index (κ2) is 8.17. The highest BCUT2D eigenvalue weighted by Crippen LogP contribution is 2.41. The number of carbonyl (C=O) groups excluding carboxylic acids is 2. The van der Waals surface area contributed by atoms with Gasteiger partial charge in [-0.15, -0.1) is 0 Å². The van der Waals surface area contributed by atoms with E-state index in [1.54, 1.807) is 24.4 Å². The van der Waals surface area contributed by atoms with E-state index in [4.69, 9.17) is 16.3 Å². The molecular formula is C20H14ClNO3S. The lowest BCUT2D eigenvalue weighted by molar-refractivity contribution is 0.0595. The summed E-state index contributed by atoms with van der Waals surface area (Å²) in [5.74, 6) is -0.497. The van der Waals surface area contributed by atoms with E-state index in [1.165, 1.54) is 18.9 Å². The Balaban J connectivity index is 2.11. The molecule has 0 aliphatic rings. The third-order valence-corrected chi connectivity index (χ3v) is 5.38. The number of halogens is 1. The molecule has 0 N–H and O–H groups in total. The first-order valence-corrected chi connectivity index (χ1v) is 8.89. The molecule has 0 fully saturated rings. The molecule has 0 atom stereocenters. The van der Waals surface area contributed by atoms with Crippen LogP contribution in [-0.4, -0.2) is 24.3 Å². The topological polar surface area (TPSA) is 56.3 Å². The molecule has 0 unspecified atom stereocenters. The second-order valence-corrected chi connectivity index (χ2v) is 6.66. The number of benzene rings is 2. The number of methoxy groups -OCH3 is 1. The van der Waals surface area contributed by atoms with Crippen LogP contribution in [0.25, 0.3) is 11.1 Å². The third kappa shape index (κ3) is 3.64. The lowest BCUT2D eigenvalue weighted by Crippen LogP contribution is -2.04. The number of hydrogen-bond acceptors (Lipinski definition) is 5. The van der Waals surface area contributed by atoms with Crippen molar-refractivity contribution in [3.05, 3.63) is 76.9 Å². The van der Waals surface area contributed by atoms with Gasteiger partial charge < -0.3 is 4.74 Å². The standard InChI is InChI=1S/C20H14ClNO3S/c1-25-20(24)16-8-5-11-22-19(16)26-18-14(12-23)9-10-15(17(18)21)13-6-3-2-4-7-13/h2-12H,1H3. The third-order valence-electron chi connectivity index (χ3n) is 3.71. The SMILES string of the molecule is COC(=O)c1cccnc1Sc1c(C=O)ccc(-c2ccccc2)c1Cl. The van der Waals surface area contributed by atoms with Crippen LogP contribution in [0.1, 0.15) is 20.7 Å². The highest BCUT2D eigenvalue weighted by Gasteiger charge is 2.19. The quantitative estimate of drug-likeness (QED) is 0.450. The summed E-state index contributed by atoms with van der Waals surface area (Å²) in [7, 11) is 1.31. The molecule has 26 heavy (non-hydrogen) atoms. The van der Waals surface area contributed by atoms with E-state index in [0.717, 1.165) is 17.4 Å². The van der Waals surface area contributed by atoms with Gasteiger partial charge in [0.1, 0.15) is 5.03 Å². The fourth-order valence-electron chi connectivity index (χ4n) is 2.44. The molecular weight excluding hydrogens is 370 g/mol. The highest BCUT2D eigenvalue weighted by atomic mass is 35.5. The van der Waals surface area contributed by atoms with Crippen LogP contribution in [0.2, 0.25) is 5.02 Å². The van der Waals surface area contributed by atoms with Crippen LogP contribution in [-0.2, 0) is 4.74 Å². The van der Waals surface area contributed by atoms with Crippen molar-refractivity contribution >= 4 is 35.6 Å². The van der Waals surface area contributed by atoms with Crippen molar-refractivity contribution in [2.45, 2.75) is 9.92 Å². The van der Waals surface area contributed by atoms with Gasteiger partial charge in [-0.05, 0) is 23.8 Å². The van der Waals surface area contributed by atoms with Gasteiger partial charge in [0.05, 0.1) is 17.7 Å². The predicted molar refractivity (Wildman–Crippen MR) is 102 cm³/mol. The Morgan fingerprint density at radius 3 is 2.58 bits per heavy atom. The molecule has 130 valence electrons. The first kappa shape index (κ1) is 18.2. The van der Waals surface area contributed by atoms with Crippen LogP contribution < -0.4 is 0 Å². The zero-order chi connectivity index (χ0) is 18.5. The minimum atomic E-state index is -0.497. The van der Waals surface area contributed by atoms with Gasteiger partial charge in [0.2, 0.25) is 0 Å². The number of ether oxygens (including phenoxy) is 1. The van der Waals surface area contributed by atoms with Crippen molar-refractivity contribution in [2.24, 2.45) is 0 Å². The first-order valence-electron chi connectivity index (χ1n) is 7.70. The second-order valence-electron chi connectivity index (χ2n) is 5.28. The van der Waals surface area contributed by atoms with E-state index in [1.807, 2.05) is 36.4 Å². The number of carbonyl (C=O) groups is 2. The van der Waals surface area contributed by atoms with Crippen molar-refractivity contribution in [1.82, 2.24) is 4.98 Å². The highest BCUT2D eigenvalue weighted by molar-refractivity contribution is 7.99. The average molecular weight is 384 g/mol. The molecule has 1 heterocycles. The number of hydrogen-bond donors (Lipinski definition) is 0. The first-order chi connectivity index (χ1) is 12.7. The summed E-state index contributed by atoms with van der Waals surface area (Å²) in [6, 6.07) is 16.4. The van der Waals surface area contributed by atoms with Crippen LogP contribution >= 0.6 is 23.4 Å². The van der Waals surface area contributed by atoms with E-state index in [-0.39, 0.29) is 0 Å². The molecule has 6 heteroatoms. The lowest BCUT2D eigenvalue weighted by Gasteiger charge is -2.13. The van der Waals surface area contributed by atoms with Crippen LogP contribution in [0.5, 0.6) is 0 Å². The molecule has 0 spiro atoms. The maximum atomic E-state index is 12.0. The van der Waals surface area contributed by atoms with Crippen molar-refractivity contribution in [3.8, 4) is 11.1 Å². The zero-order valence-corrected chi connectivity index (χ0v) is 15.4. The Hall–Kier alpha value is -2.63. The Morgan fingerprint density at radius 1 is 1.12 bits per heavy atom. The number of aldehydes is 1. The minimum Gasteiger partial charge on any atom is -0.465 e. The Kier molecular flexibility index (Phi) is 5.71. The van der Waals surface area contributed by atoms with Gasteiger partial charge in [0.25, 0.3) is 0 Å². The molecule has 4 nitrogen and oxygen atoms in total. The van der Waals surface area contributed by atoms with E-state index >= 15 is 0 Å². The number of aromatic nitrogens is 1. The molecule has 3 aromatic rings. The minimum absolute atomic E-state index is 0.318. The number of pyridine rings is 1. The van der Waals surface area contributed by atoms with E-state index < -0.39 is 5.97 Å². The maximum absolute atomic E-state index is 12.0. The Bertz CT molecular complexity index is 961. The van der Waals surface area contributed by atoms with Crippen LogP contribution in [0.3, 0.4) is 0 Å². The smallest absolute Gasteiger partial charge is 0.340 e. The van der Waals surface area contributed by atoms with Gasteiger partial charge in [-0.25, -0.2) is 9.78 Å². The van der Waals surface area contributed by atoms with Crippen molar-refractivity contribution in [3.63, 3.8) is 0 Å². The summed E-state index contributed by atoms with van der Waals surface area (Å²) in [6.07, 6.45) is 2.31. The van der Waals surface area contributed by atoms with Crippen molar-refractivity contribution in [1.29, 1.82) is 0 Å². The van der Waals surface area contributed by atoms with Crippen molar-refractivity contribution in [2.75, 3.05) is 7.11 Å². The Labute approximate surface area is 160 Å². The van der Waals surface area contributed by atoms with Crippen molar-refractivity contribution < 1.29 is 14.3 Å². The van der Waals surface area contributed by atoms with Gasteiger partial charge in [-0.3, -0.25) is 4.79 Å². The van der Waals surface area contributed by atoms with Gasteiger partial charge >= 0.3 is 5.97 Å². The number of nitrogens with zero attached hydrogens (tertiary/aromatic N) is 1. The average Bonchev–Trinajstić information content (AvgIpc) is 2.70. The fourth-order valence-corrected chi connectivity index (χ4v) is 3.84. The van der Waals surface area contributed by atoms with Gasteiger partial charge in [-0.2, -0.15) is 0 Å². The maximum Gasteiger partial charge on any atom is 0.340 e. The molecule has 3 rings (SSSR count). The van der Waals surface area contributed by atoms with Crippen LogP contribution in [0.15, 0.2) is 70.7 Å². The molecule has 1 aromatic heterocycles. The van der Waals surface area contributed by atoms with E-state index in [9.17, 15) is 9.59 Å². The summed E-state index contributed by atoms with van der Waals surface area (Å²) in [5, 5.41) is 0.863. The molecule has 0 aliphatic heterocycles. The monoisotopic (exact) mass is 383 g/mol. The molecule has 0 saturated heterocycles. The van der Waals surface area contributed by atoms with Crippen LogP contribution in [0, 0.1) is 0 Å². The summed E-state index contributed by atoms with van der Waals surface area (Å²) in [6.45, 7) is 0. The number of rotatable bonds is 5. The predicted octanol–water partition coefficient (Wildman–Crippen LogP) is 5.15. The molecule has 0 radical (unpaired) electrons. The van der Waals surface area contributed by atoms with Gasteiger partial charge in [-0.1, -0.05) is 59.8 Å². The molecule has 0 saturated carbocycles. The van der Waals surface area contributed by atoms with Gasteiger partial charge in [0, 0.05) is 22.2 Å². The Morgan fingerprint density at radius 2 is 1.88 bits per heavy atom. The normalized spacial score (nSPS) is 10.4. The molecule has 0 aliphatic carbocycles. The summed E-state index contributed by atoms with van der Waals surface area (Å²) in [4.78, 5) is 28.3. The largest absolute Gasteiger partial charge is 0.465 e. The molecule has 2 aromatic carbocycles. The fraction of sp³-hybridized carbons (Fsp3) is 0.0500. The lowest BCUT2D eigenvalue weighted by atomic mass is 10.0. The zero-order valence-electron chi connectivity index (χ0n) is 13.8. The molecule has 0 bridgehead atoms. The summed E-state index contributed by atoms with van der Waals surface area (Å²) in [5.41, 5.74) is 2.49. The molecule has 0 amide bonds. The number of esters is 1. The van der Waals surface area contributed by atoms with Gasteiger partial charge in [0.15, 0.2) is 6.29 Å². The summed E-state index contributed by atoms with van der Waals surface area (Å²) < 4.78 is 4.80. The summed E-state index contributed by atoms with van der Waals surface area (Å²) >= 11 is 7.79. The van der Waals surface area contributed by atoms with Crippen LogP contribution in [0.4, 0.5) is 0 Å².